The molecule has 0 spiro atoms. The molecule has 148 valence electrons. The molecule has 0 unspecified atom stereocenters. The van der Waals surface area contributed by atoms with Crippen LogP contribution in [0.25, 0.3) is 0 Å². The molecule has 3 aromatic rings. The minimum absolute atomic E-state index is 0.120. The molecule has 4 N–H and O–H groups in total. The van der Waals surface area contributed by atoms with Crippen molar-refractivity contribution in [1.82, 2.24) is 5.32 Å². The quantitative estimate of drug-likeness (QED) is 0.552. The number of hydrogen-bond acceptors (Lipinski definition) is 3. The van der Waals surface area contributed by atoms with Crippen LogP contribution in [-0.4, -0.2) is 24.4 Å². The predicted molar refractivity (Wildman–Crippen MR) is 109 cm³/mol. The molecule has 0 aliphatic heterocycles. The lowest BCUT2D eigenvalue weighted by Gasteiger charge is -2.15. The summed E-state index contributed by atoms with van der Waals surface area (Å²) in [5, 5.41) is 7.77. The molecule has 2 amide bonds. The highest BCUT2D eigenvalue weighted by molar-refractivity contribution is 6.04. The Kier molecular flexibility index (Phi) is 5.72. The summed E-state index contributed by atoms with van der Waals surface area (Å²) in [6, 6.07) is 20.9. The van der Waals surface area contributed by atoms with E-state index >= 15 is 0 Å². The zero-order valence-electron chi connectivity index (χ0n) is 16.0. The Morgan fingerprint density at radius 2 is 1.76 bits per heavy atom. The van der Waals surface area contributed by atoms with Gasteiger partial charge in [0.25, 0.3) is 11.8 Å². The van der Waals surface area contributed by atoms with Crippen LogP contribution in [0.15, 0.2) is 77.4 Å². The third-order valence-corrected chi connectivity index (χ3v) is 4.91. The second-order valence-corrected chi connectivity index (χ2v) is 7.19. The van der Waals surface area contributed by atoms with Gasteiger partial charge in [0.2, 0.25) is 0 Å². The summed E-state index contributed by atoms with van der Waals surface area (Å²) in [5.41, 5.74) is 2.07. The molecule has 1 heterocycles. The van der Waals surface area contributed by atoms with Crippen molar-refractivity contribution in [2.24, 2.45) is 0 Å². The summed E-state index contributed by atoms with van der Waals surface area (Å²) >= 11 is 0. The first-order valence-corrected chi connectivity index (χ1v) is 9.82. The Morgan fingerprint density at radius 3 is 2.48 bits per heavy atom. The molecule has 1 aliphatic carbocycles. The number of quaternary nitrogens is 1. The first kappa shape index (κ1) is 19.0. The van der Waals surface area contributed by atoms with Crippen molar-refractivity contribution in [2.45, 2.75) is 24.9 Å². The van der Waals surface area contributed by atoms with E-state index in [0.717, 1.165) is 24.2 Å². The Bertz CT molecular complexity index is 966. The first-order chi connectivity index (χ1) is 14.2. The molecule has 6 nitrogen and oxygen atoms in total. The van der Waals surface area contributed by atoms with Gasteiger partial charge in [0.1, 0.15) is 0 Å². The van der Waals surface area contributed by atoms with Gasteiger partial charge in [0.15, 0.2) is 18.3 Å². The summed E-state index contributed by atoms with van der Waals surface area (Å²) in [5.74, 6) is 0.461. The smallest absolute Gasteiger partial charge is 0.279 e. The lowest BCUT2D eigenvalue weighted by Crippen LogP contribution is -2.87. The van der Waals surface area contributed by atoms with Crippen molar-refractivity contribution in [3.63, 3.8) is 0 Å². The number of carbonyl (C=O) groups is 2. The van der Waals surface area contributed by atoms with Crippen molar-refractivity contribution in [2.75, 3.05) is 11.9 Å². The Labute approximate surface area is 169 Å². The van der Waals surface area contributed by atoms with Gasteiger partial charge in [-0.1, -0.05) is 42.5 Å². The molecule has 1 aliphatic rings. The molecule has 29 heavy (non-hydrogen) atoms. The molecule has 1 aromatic heterocycles. The monoisotopic (exact) mass is 390 g/mol. The molecule has 0 bridgehead atoms. The van der Waals surface area contributed by atoms with E-state index < -0.39 is 0 Å². The average molecular weight is 390 g/mol. The highest BCUT2D eigenvalue weighted by Crippen LogP contribution is 2.22. The predicted octanol–water partition coefficient (Wildman–Crippen LogP) is 2.46. The van der Waals surface area contributed by atoms with Gasteiger partial charge in [0, 0.05) is 11.6 Å². The van der Waals surface area contributed by atoms with E-state index in [4.69, 9.17) is 4.42 Å². The minimum Gasteiger partial charge on any atom is -0.463 e. The minimum atomic E-state index is -0.177. The van der Waals surface area contributed by atoms with Gasteiger partial charge in [-0.25, -0.2) is 0 Å². The van der Waals surface area contributed by atoms with Gasteiger partial charge >= 0.3 is 0 Å². The molecule has 0 radical (unpaired) electrons. The first-order valence-electron chi connectivity index (χ1n) is 9.82. The fourth-order valence-corrected chi connectivity index (χ4v) is 3.25. The van der Waals surface area contributed by atoms with Gasteiger partial charge in [0.05, 0.1) is 17.5 Å². The number of amides is 2. The van der Waals surface area contributed by atoms with E-state index in [1.807, 2.05) is 53.8 Å². The van der Waals surface area contributed by atoms with Crippen LogP contribution in [-0.2, 0) is 4.79 Å². The standard InChI is InChI=1S/C23H23N3O3/c27-21(26-19-10-5-4-9-18(19)23(28)25-17-12-13-17)15-24-22(20-11-6-14-29-20)16-7-2-1-3-8-16/h1-11,14,17,22,24H,12-13,15H2,(H,25,28)(H,26,27)/p+1/t22-/m1/s1. The van der Waals surface area contributed by atoms with Gasteiger partial charge in [-0.15, -0.1) is 0 Å². The topological polar surface area (TPSA) is 88.0 Å². The van der Waals surface area contributed by atoms with Crippen LogP contribution in [0.2, 0.25) is 0 Å². The van der Waals surface area contributed by atoms with E-state index in [0.29, 0.717) is 11.3 Å². The number of carbonyl (C=O) groups excluding carboxylic acids is 2. The summed E-state index contributed by atoms with van der Waals surface area (Å²) in [6.45, 7) is 0.193. The molecule has 4 rings (SSSR count). The summed E-state index contributed by atoms with van der Waals surface area (Å²) in [4.78, 5) is 25.0. The van der Waals surface area contributed by atoms with Crippen LogP contribution >= 0.6 is 0 Å². The SMILES string of the molecule is O=C(C[NH2+][C@H](c1ccccc1)c1ccco1)Nc1ccccc1C(=O)NC1CC1. The fraction of sp³-hybridized carbons (Fsp3) is 0.217. The molecular formula is C23H24N3O3+. The largest absolute Gasteiger partial charge is 0.463 e. The molecule has 1 atom stereocenters. The number of para-hydroxylation sites is 1. The second kappa shape index (κ2) is 8.75. The third kappa shape index (κ3) is 4.92. The lowest BCUT2D eigenvalue weighted by atomic mass is 10.0. The number of nitrogens with one attached hydrogen (secondary N) is 2. The van der Waals surface area contributed by atoms with E-state index in [9.17, 15) is 9.59 Å². The third-order valence-electron chi connectivity index (χ3n) is 4.91. The Morgan fingerprint density at radius 1 is 1.00 bits per heavy atom. The van der Waals surface area contributed by atoms with Crippen LogP contribution in [0.3, 0.4) is 0 Å². The number of benzene rings is 2. The maximum absolute atomic E-state index is 12.6. The van der Waals surface area contributed by atoms with Gasteiger partial charge in [-0.3, -0.25) is 9.59 Å². The van der Waals surface area contributed by atoms with Crippen molar-refractivity contribution < 1.29 is 19.3 Å². The molecule has 0 saturated heterocycles. The highest BCUT2D eigenvalue weighted by atomic mass is 16.3. The summed E-state index contributed by atoms with van der Waals surface area (Å²) in [7, 11) is 0. The van der Waals surface area contributed by atoms with Crippen LogP contribution in [0.1, 0.15) is 40.6 Å². The zero-order valence-corrected chi connectivity index (χ0v) is 16.0. The highest BCUT2D eigenvalue weighted by Gasteiger charge is 2.25. The van der Waals surface area contributed by atoms with Crippen molar-refractivity contribution in [3.05, 3.63) is 89.9 Å². The zero-order chi connectivity index (χ0) is 20.1. The van der Waals surface area contributed by atoms with E-state index in [2.05, 4.69) is 10.6 Å². The molecule has 2 aromatic carbocycles. The lowest BCUT2D eigenvalue weighted by molar-refractivity contribution is -0.678. The Hall–Kier alpha value is -3.38. The average Bonchev–Trinajstić information content (AvgIpc) is 3.39. The second-order valence-electron chi connectivity index (χ2n) is 7.19. The van der Waals surface area contributed by atoms with Crippen LogP contribution < -0.4 is 16.0 Å². The normalized spacial score (nSPS) is 14.2. The van der Waals surface area contributed by atoms with Crippen molar-refractivity contribution in [3.8, 4) is 0 Å². The van der Waals surface area contributed by atoms with Gasteiger partial charge in [-0.2, -0.15) is 0 Å². The van der Waals surface area contributed by atoms with E-state index in [1.54, 1.807) is 24.5 Å². The molecular weight excluding hydrogens is 366 g/mol. The van der Waals surface area contributed by atoms with Crippen molar-refractivity contribution >= 4 is 17.5 Å². The summed E-state index contributed by atoms with van der Waals surface area (Å²) in [6.07, 6.45) is 3.67. The van der Waals surface area contributed by atoms with Gasteiger partial charge < -0.3 is 20.4 Å². The molecule has 1 fully saturated rings. The molecule has 1 saturated carbocycles. The van der Waals surface area contributed by atoms with E-state index in [-0.39, 0.29) is 30.4 Å². The van der Waals surface area contributed by atoms with E-state index in [1.165, 1.54) is 0 Å². The van der Waals surface area contributed by atoms with Crippen LogP contribution in [0.4, 0.5) is 5.69 Å². The van der Waals surface area contributed by atoms with Crippen LogP contribution in [0, 0.1) is 0 Å². The maximum Gasteiger partial charge on any atom is 0.279 e. The summed E-state index contributed by atoms with van der Waals surface area (Å²) < 4.78 is 5.58. The number of rotatable bonds is 8. The maximum atomic E-state index is 12.6. The van der Waals surface area contributed by atoms with Crippen molar-refractivity contribution in [1.29, 1.82) is 0 Å². The fourth-order valence-electron chi connectivity index (χ4n) is 3.25. The van der Waals surface area contributed by atoms with Gasteiger partial charge in [-0.05, 0) is 37.1 Å². The number of hydrogen-bond donors (Lipinski definition) is 3. The number of anilines is 1. The number of furan rings is 1. The number of nitrogens with two attached hydrogens (primary N) is 1. The molecule has 6 heteroatoms. The Balaban J connectivity index is 1.42. The van der Waals surface area contributed by atoms with Crippen LogP contribution in [0.5, 0.6) is 0 Å².